The first-order valence-electron chi connectivity index (χ1n) is 8.54. The predicted molar refractivity (Wildman–Crippen MR) is 94.1 cm³/mol. The van der Waals surface area contributed by atoms with Crippen molar-refractivity contribution in [2.75, 3.05) is 25.0 Å². The number of fused-ring (bicyclic) bond motifs is 1. The van der Waals surface area contributed by atoms with Gasteiger partial charge in [-0.3, -0.25) is 4.90 Å². The quantitative estimate of drug-likeness (QED) is 0.767. The molecule has 1 N–H and O–H groups in total. The lowest BCUT2D eigenvalue weighted by Gasteiger charge is -2.21. The smallest absolute Gasteiger partial charge is 0.135 e. The van der Waals surface area contributed by atoms with Gasteiger partial charge in [0.25, 0.3) is 0 Å². The van der Waals surface area contributed by atoms with Crippen LogP contribution in [0.5, 0.6) is 0 Å². The molecule has 0 spiro atoms. The average molecular weight is 338 g/mol. The number of nitrogens with zero attached hydrogens (tertiary/aromatic N) is 5. The van der Waals surface area contributed by atoms with Crippen molar-refractivity contribution in [1.82, 2.24) is 24.8 Å². The molecule has 0 aliphatic carbocycles. The fourth-order valence-electron chi connectivity index (χ4n) is 3.39. The molecule has 4 heterocycles. The molecule has 130 valence electrons. The number of anilines is 1. The normalized spacial score (nSPS) is 14.9. The minimum absolute atomic E-state index is 0.776. The lowest BCUT2D eigenvalue weighted by Crippen LogP contribution is -2.26. The minimum Gasteiger partial charge on any atom is -0.472 e. The van der Waals surface area contributed by atoms with E-state index in [2.05, 4.69) is 36.8 Å². The number of hydrogen-bond acceptors (Lipinski definition) is 6. The number of imidazole rings is 1. The summed E-state index contributed by atoms with van der Waals surface area (Å²) in [4.78, 5) is 21.0. The average Bonchev–Trinajstić information content (AvgIpc) is 3.27. The Morgan fingerprint density at radius 3 is 3.00 bits per heavy atom. The van der Waals surface area contributed by atoms with Gasteiger partial charge in [0.15, 0.2) is 0 Å². The third-order valence-corrected chi connectivity index (χ3v) is 4.66. The van der Waals surface area contributed by atoms with Crippen molar-refractivity contribution in [2.45, 2.75) is 25.9 Å². The van der Waals surface area contributed by atoms with E-state index in [0.29, 0.717) is 0 Å². The largest absolute Gasteiger partial charge is 0.472 e. The van der Waals surface area contributed by atoms with Gasteiger partial charge in [-0.05, 0) is 12.5 Å². The standard InChI is InChI=1S/C18H22N6O/c1-23(9-14-4-7-25-11-14)18-16-2-5-24(10-15-8-19-12-20-15)6-3-17(16)21-13-22-18/h4,7-8,11-13H,2-3,5-6,9-10H2,1H3,(H,19,20). The molecule has 7 nitrogen and oxygen atoms in total. The number of hydrogen-bond donors (Lipinski definition) is 1. The molecule has 25 heavy (non-hydrogen) atoms. The molecular weight excluding hydrogens is 316 g/mol. The Labute approximate surface area is 146 Å². The molecule has 0 unspecified atom stereocenters. The van der Waals surface area contributed by atoms with Crippen molar-refractivity contribution in [1.29, 1.82) is 0 Å². The molecule has 4 rings (SSSR count). The van der Waals surface area contributed by atoms with E-state index >= 15 is 0 Å². The molecule has 0 aromatic carbocycles. The highest BCUT2D eigenvalue weighted by Gasteiger charge is 2.20. The topological polar surface area (TPSA) is 74.1 Å². The molecule has 0 saturated heterocycles. The molecule has 1 aliphatic heterocycles. The monoisotopic (exact) mass is 338 g/mol. The summed E-state index contributed by atoms with van der Waals surface area (Å²) in [7, 11) is 2.07. The highest BCUT2D eigenvalue weighted by atomic mass is 16.3. The van der Waals surface area contributed by atoms with Crippen molar-refractivity contribution in [3.8, 4) is 0 Å². The second-order valence-electron chi connectivity index (χ2n) is 6.46. The molecule has 0 saturated carbocycles. The third-order valence-electron chi connectivity index (χ3n) is 4.66. The Hall–Kier alpha value is -2.67. The van der Waals surface area contributed by atoms with Gasteiger partial charge in [-0.2, -0.15) is 0 Å². The maximum atomic E-state index is 5.17. The van der Waals surface area contributed by atoms with Gasteiger partial charge >= 0.3 is 0 Å². The lowest BCUT2D eigenvalue weighted by molar-refractivity contribution is 0.276. The van der Waals surface area contributed by atoms with Gasteiger partial charge in [-0.25, -0.2) is 15.0 Å². The van der Waals surface area contributed by atoms with Crippen LogP contribution in [0.15, 0.2) is 41.9 Å². The molecule has 0 bridgehead atoms. The highest BCUT2D eigenvalue weighted by molar-refractivity contribution is 5.49. The van der Waals surface area contributed by atoms with Gasteiger partial charge in [0.2, 0.25) is 0 Å². The summed E-state index contributed by atoms with van der Waals surface area (Å²) in [6, 6.07) is 1.99. The van der Waals surface area contributed by atoms with Gasteiger partial charge in [0, 0.05) is 62.7 Å². The van der Waals surface area contributed by atoms with Crippen molar-refractivity contribution >= 4 is 5.82 Å². The number of aromatic nitrogens is 4. The summed E-state index contributed by atoms with van der Waals surface area (Å²) >= 11 is 0. The Bertz CT molecular complexity index is 799. The Morgan fingerprint density at radius 1 is 1.28 bits per heavy atom. The van der Waals surface area contributed by atoms with Gasteiger partial charge in [-0.1, -0.05) is 0 Å². The first-order chi connectivity index (χ1) is 12.3. The van der Waals surface area contributed by atoms with Crippen LogP contribution in [0.4, 0.5) is 5.82 Å². The van der Waals surface area contributed by atoms with Crippen LogP contribution in [0.25, 0.3) is 0 Å². The van der Waals surface area contributed by atoms with Gasteiger partial charge in [0.1, 0.15) is 12.1 Å². The molecule has 1 aliphatic rings. The maximum absolute atomic E-state index is 5.17. The SMILES string of the molecule is CN(Cc1ccoc1)c1ncnc2c1CCN(Cc1cnc[nH]1)CC2. The number of H-pyrrole nitrogens is 1. The molecule has 0 atom stereocenters. The van der Waals surface area contributed by atoms with Crippen molar-refractivity contribution < 1.29 is 4.42 Å². The van der Waals surface area contributed by atoms with Crippen LogP contribution < -0.4 is 4.90 Å². The van der Waals surface area contributed by atoms with E-state index in [-0.39, 0.29) is 0 Å². The first kappa shape index (κ1) is 15.8. The Balaban J connectivity index is 1.50. The van der Waals surface area contributed by atoms with Gasteiger partial charge in [-0.15, -0.1) is 0 Å². The summed E-state index contributed by atoms with van der Waals surface area (Å²) in [5.41, 5.74) is 4.72. The zero-order valence-electron chi connectivity index (χ0n) is 14.4. The van der Waals surface area contributed by atoms with E-state index in [1.807, 2.05) is 12.3 Å². The second kappa shape index (κ2) is 7.06. The van der Waals surface area contributed by atoms with E-state index < -0.39 is 0 Å². The van der Waals surface area contributed by atoms with E-state index in [0.717, 1.165) is 61.8 Å². The summed E-state index contributed by atoms with van der Waals surface area (Å²) < 4.78 is 5.17. The molecule has 3 aromatic heterocycles. The first-order valence-corrected chi connectivity index (χ1v) is 8.54. The summed E-state index contributed by atoms with van der Waals surface area (Å²) in [6.45, 7) is 3.65. The van der Waals surface area contributed by atoms with Gasteiger partial charge < -0.3 is 14.3 Å². The van der Waals surface area contributed by atoms with E-state index in [9.17, 15) is 0 Å². The molecule has 0 amide bonds. The van der Waals surface area contributed by atoms with E-state index in [1.54, 1.807) is 25.2 Å². The van der Waals surface area contributed by atoms with Crippen LogP contribution in [0, 0.1) is 0 Å². The number of furan rings is 1. The van der Waals surface area contributed by atoms with E-state index in [1.165, 1.54) is 5.56 Å². The Kier molecular flexibility index (Phi) is 4.47. The second-order valence-corrected chi connectivity index (χ2v) is 6.46. The lowest BCUT2D eigenvalue weighted by atomic mass is 10.1. The molecule has 0 fully saturated rings. The fourth-order valence-corrected chi connectivity index (χ4v) is 3.39. The van der Waals surface area contributed by atoms with Gasteiger partial charge in [0.05, 0.1) is 24.5 Å². The van der Waals surface area contributed by atoms with Crippen LogP contribution in [0.1, 0.15) is 22.5 Å². The van der Waals surface area contributed by atoms with E-state index in [4.69, 9.17) is 4.42 Å². The van der Waals surface area contributed by atoms with Crippen LogP contribution in [0.3, 0.4) is 0 Å². The van der Waals surface area contributed by atoms with Crippen molar-refractivity contribution in [3.63, 3.8) is 0 Å². The van der Waals surface area contributed by atoms with Crippen LogP contribution in [0.2, 0.25) is 0 Å². The molecule has 3 aromatic rings. The number of aromatic amines is 1. The summed E-state index contributed by atoms with van der Waals surface area (Å²) in [5, 5.41) is 0. The number of rotatable bonds is 5. The van der Waals surface area contributed by atoms with Crippen molar-refractivity contribution in [2.24, 2.45) is 0 Å². The highest BCUT2D eigenvalue weighted by Crippen LogP contribution is 2.24. The molecule has 0 radical (unpaired) electrons. The van der Waals surface area contributed by atoms with Crippen LogP contribution in [-0.2, 0) is 25.9 Å². The zero-order chi connectivity index (χ0) is 17.1. The Morgan fingerprint density at radius 2 is 2.20 bits per heavy atom. The van der Waals surface area contributed by atoms with Crippen LogP contribution >= 0.6 is 0 Å². The molecule has 7 heteroatoms. The summed E-state index contributed by atoms with van der Waals surface area (Å²) in [5.74, 6) is 1.02. The predicted octanol–water partition coefficient (Wildman–Crippen LogP) is 2.03. The van der Waals surface area contributed by atoms with Crippen molar-refractivity contribution in [3.05, 3.63) is 60.0 Å². The maximum Gasteiger partial charge on any atom is 0.135 e. The summed E-state index contributed by atoms with van der Waals surface area (Å²) in [6.07, 6.45) is 10.7. The van der Waals surface area contributed by atoms with Crippen LogP contribution in [-0.4, -0.2) is 45.0 Å². The zero-order valence-corrected chi connectivity index (χ0v) is 14.4. The molecular formula is C18H22N6O. The third kappa shape index (κ3) is 3.56. The fraction of sp³-hybridized carbons (Fsp3) is 0.389. The number of nitrogens with one attached hydrogen (secondary N) is 1. The minimum atomic E-state index is 0.776.